The summed E-state index contributed by atoms with van der Waals surface area (Å²) >= 11 is 5.74. The summed E-state index contributed by atoms with van der Waals surface area (Å²) in [5.74, 6) is -0.653. The van der Waals surface area contributed by atoms with Crippen LogP contribution < -0.4 is 10.6 Å². The number of hydrogen-bond donors (Lipinski definition) is 2. The summed E-state index contributed by atoms with van der Waals surface area (Å²) in [6.45, 7) is 0.340. The maximum atomic E-state index is 13.2. The van der Waals surface area contributed by atoms with Gasteiger partial charge in [0, 0.05) is 30.8 Å². The smallest absolute Gasteiger partial charge is 0.270 e. The molecule has 0 bridgehead atoms. The molecule has 3 aromatic rings. The van der Waals surface area contributed by atoms with Crippen molar-refractivity contribution >= 4 is 29.1 Å². The van der Waals surface area contributed by atoms with Crippen molar-refractivity contribution in [2.75, 3.05) is 5.32 Å². The summed E-state index contributed by atoms with van der Waals surface area (Å²) in [6.07, 6.45) is 4.79. The van der Waals surface area contributed by atoms with E-state index in [1.165, 1.54) is 30.5 Å². The lowest BCUT2D eigenvalue weighted by molar-refractivity contribution is 0.0946. The van der Waals surface area contributed by atoms with Gasteiger partial charge in [-0.1, -0.05) is 17.7 Å². The second-order valence-electron chi connectivity index (χ2n) is 5.06. The Morgan fingerprint density at radius 1 is 1.20 bits per heavy atom. The molecular formula is C17H13ClFN5O. The van der Waals surface area contributed by atoms with Crippen LogP contribution in [-0.2, 0) is 6.54 Å². The first-order chi connectivity index (χ1) is 12.1. The highest BCUT2D eigenvalue weighted by atomic mass is 35.5. The molecule has 2 N–H and O–H groups in total. The van der Waals surface area contributed by atoms with Crippen LogP contribution in [0.25, 0.3) is 0 Å². The summed E-state index contributed by atoms with van der Waals surface area (Å²) in [5, 5.41) is 5.61. The zero-order valence-electron chi connectivity index (χ0n) is 12.9. The highest BCUT2D eigenvalue weighted by Crippen LogP contribution is 2.21. The van der Waals surface area contributed by atoms with E-state index in [0.29, 0.717) is 12.2 Å². The quantitative estimate of drug-likeness (QED) is 0.732. The van der Waals surface area contributed by atoms with Crippen LogP contribution in [0.15, 0.2) is 55.0 Å². The van der Waals surface area contributed by atoms with Gasteiger partial charge in [0.05, 0.1) is 5.02 Å². The lowest BCUT2D eigenvalue weighted by Gasteiger charge is -2.08. The summed E-state index contributed by atoms with van der Waals surface area (Å²) in [6, 6.07) is 9.30. The van der Waals surface area contributed by atoms with Crippen LogP contribution in [0.2, 0.25) is 5.02 Å². The molecule has 0 spiro atoms. The molecule has 2 heterocycles. The van der Waals surface area contributed by atoms with E-state index in [1.54, 1.807) is 18.5 Å². The normalized spacial score (nSPS) is 10.3. The van der Waals surface area contributed by atoms with Crippen LogP contribution in [0.3, 0.4) is 0 Å². The van der Waals surface area contributed by atoms with Crippen molar-refractivity contribution in [1.29, 1.82) is 0 Å². The number of pyridine rings is 1. The second-order valence-corrected chi connectivity index (χ2v) is 5.47. The van der Waals surface area contributed by atoms with Gasteiger partial charge >= 0.3 is 0 Å². The van der Waals surface area contributed by atoms with Crippen molar-refractivity contribution in [1.82, 2.24) is 20.3 Å². The van der Waals surface area contributed by atoms with Gasteiger partial charge in [0.1, 0.15) is 11.5 Å². The predicted molar refractivity (Wildman–Crippen MR) is 92.1 cm³/mol. The molecule has 3 rings (SSSR count). The van der Waals surface area contributed by atoms with Gasteiger partial charge in [0.15, 0.2) is 0 Å². The van der Waals surface area contributed by atoms with Crippen molar-refractivity contribution < 1.29 is 9.18 Å². The Morgan fingerprint density at radius 3 is 2.84 bits per heavy atom. The first-order valence-corrected chi connectivity index (χ1v) is 7.72. The average Bonchev–Trinajstić information content (AvgIpc) is 2.64. The van der Waals surface area contributed by atoms with Crippen molar-refractivity contribution in [2.45, 2.75) is 6.54 Å². The minimum atomic E-state index is -0.517. The fraction of sp³-hybridized carbons (Fsp3) is 0.0588. The van der Waals surface area contributed by atoms with Gasteiger partial charge in [-0.05, 0) is 35.9 Å². The van der Waals surface area contributed by atoms with Crippen molar-refractivity contribution in [3.8, 4) is 0 Å². The van der Waals surface area contributed by atoms with Gasteiger partial charge in [0.25, 0.3) is 5.91 Å². The van der Waals surface area contributed by atoms with Crippen LogP contribution in [0, 0.1) is 5.82 Å². The van der Waals surface area contributed by atoms with Crippen molar-refractivity contribution in [2.24, 2.45) is 0 Å². The maximum Gasteiger partial charge on any atom is 0.270 e. The second kappa shape index (κ2) is 7.67. The SMILES string of the molecule is O=C(NCc1cccnc1)c1ccnc(Nc2ccc(F)c(Cl)c2)n1. The molecular weight excluding hydrogens is 345 g/mol. The van der Waals surface area contributed by atoms with Crippen LogP contribution in [0.1, 0.15) is 16.1 Å². The maximum absolute atomic E-state index is 13.2. The Balaban J connectivity index is 1.68. The number of carbonyl (C=O) groups excluding carboxylic acids is 1. The fourth-order valence-corrected chi connectivity index (χ4v) is 2.20. The number of benzene rings is 1. The Labute approximate surface area is 148 Å². The molecule has 0 radical (unpaired) electrons. The predicted octanol–water partition coefficient (Wildman–Crippen LogP) is 3.34. The van der Waals surface area contributed by atoms with Crippen LogP contribution in [-0.4, -0.2) is 20.9 Å². The molecule has 0 atom stereocenters. The minimum absolute atomic E-state index is 0.0182. The number of nitrogens with one attached hydrogen (secondary N) is 2. The monoisotopic (exact) mass is 357 g/mol. The van der Waals surface area contributed by atoms with Crippen LogP contribution in [0.5, 0.6) is 0 Å². The van der Waals surface area contributed by atoms with E-state index >= 15 is 0 Å². The van der Waals surface area contributed by atoms with E-state index in [-0.39, 0.29) is 22.6 Å². The van der Waals surface area contributed by atoms with E-state index in [1.807, 2.05) is 6.07 Å². The molecule has 25 heavy (non-hydrogen) atoms. The number of aromatic nitrogens is 3. The van der Waals surface area contributed by atoms with Gasteiger partial charge in [-0.25, -0.2) is 14.4 Å². The number of rotatable bonds is 5. The topological polar surface area (TPSA) is 79.8 Å². The lowest BCUT2D eigenvalue weighted by Crippen LogP contribution is -2.24. The lowest BCUT2D eigenvalue weighted by atomic mass is 10.3. The number of anilines is 2. The standard InChI is InChI=1S/C17H13ClFN5O/c18-13-8-12(3-4-14(13)19)23-17-21-7-5-15(24-17)16(25)22-10-11-2-1-6-20-9-11/h1-9H,10H2,(H,22,25)(H,21,23,24). The minimum Gasteiger partial charge on any atom is -0.347 e. The van der Waals surface area contributed by atoms with E-state index in [9.17, 15) is 9.18 Å². The molecule has 1 aromatic carbocycles. The Bertz CT molecular complexity index is 891. The van der Waals surface area contributed by atoms with Crippen molar-refractivity contribution in [3.63, 3.8) is 0 Å². The third-order valence-corrected chi connectivity index (χ3v) is 3.53. The molecule has 0 aliphatic carbocycles. The first-order valence-electron chi connectivity index (χ1n) is 7.34. The zero-order chi connectivity index (χ0) is 17.6. The molecule has 0 saturated heterocycles. The molecule has 126 valence electrons. The number of amides is 1. The third kappa shape index (κ3) is 4.48. The van der Waals surface area contributed by atoms with Crippen LogP contribution >= 0.6 is 11.6 Å². The molecule has 1 amide bonds. The summed E-state index contributed by atoms with van der Waals surface area (Å²) in [7, 11) is 0. The number of nitrogens with zero attached hydrogens (tertiary/aromatic N) is 3. The fourth-order valence-electron chi connectivity index (χ4n) is 2.02. The van der Waals surface area contributed by atoms with Gasteiger partial charge in [-0.15, -0.1) is 0 Å². The number of halogens is 2. The zero-order valence-corrected chi connectivity index (χ0v) is 13.7. The third-order valence-electron chi connectivity index (χ3n) is 3.24. The number of hydrogen-bond acceptors (Lipinski definition) is 5. The Kier molecular flexibility index (Phi) is 5.15. The van der Waals surface area contributed by atoms with E-state index < -0.39 is 5.82 Å². The van der Waals surface area contributed by atoms with E-state index in [4.69, 9.17) is 11.6 Å². The molecule has 6 nitrogen and oxygen atoms in total. The van der Waals surface area contributed by atoms with E-state index in [2.05, 4.69) is 25.6 Å². The molecule has 0 fully saturated rings. The van der Waals surface area contributed by atoms with Crippen LogP contribution in [0.4, 0.5) is 16.0 Å². The molecule has 8 heteroatoms. The van der Waals surface area contributed by atoms with Gasteiger partial charge in [-0.2, -0.15) is 0 Å². The molecule has 0 aliphatic heterocycles. The molecule has 0 aliphatic rings. The highest BCUT2D eigenvalue weighted by Gasteiger charge is 2.09. The highest BCUT2D eigenvalue weighted by molar-refractivity contribution is 6.31. The number of carbonyl (C=O) groups is 1. The molecule has 2 aromatic heterocycles. The average molecular weight is 358 g/mol. The molecule has 0 unspecified atom stereocenters. The van der Waals surface area contributed by atoms with E-state index in [0.717, 1.165) is 5.56 Å². The van der Waals surface area contributed by atoms with Gasteiger partial charge in [-0.3, -0.25) is 9.78 Å². The summed E-state index contributed by atoms with van der Waals surface area (Å²) in [5.41, 5.74) is 1.60. The van der Waals surface area contributed by atoms with Crippen molar-refractivity contribution in [3.05, 3.63) is 77.1 Å². The Morgan fingerprint density at radius 2 is 2.08 bits per heavy atom. The van der Waals surface area contributed by atoms with Gasteiger partial charge in [0.2, 0.25) is 5.95 Å². The van der Waals surface area contributed by atoms with Gasteiger partial charge < -0.3 is 10.6 Å². The molecule has 0 saturated carbocycles. The first kappa shape index (κ1) is 16.8. The summed E-state index contributed by atoms with van der Waals surface area (Å²) < 4.78 is 13.2. The summed E-state index contributed by atoms with van der Waals surface area (Å²) in [4.78, 5) is 24.4. The largest absolute Gasteiger partial charge is 0.347 e. The Hall–Kier alpha value is -3.06.